The average molecular weight is 279 g/mol. The molecule has 19 heavy (non-hydrogen) atoms. The molecule has 1 saturated carbocycles. The van der Waals surface area contributed by atoms with Crippen LogP contribution in [0.25, 0.3) is 0 Å². The molecule has 2 N–H and O–H groups in total. The molecule has 1 aromatic carbocycles. The van der Waals surface area contributed by atoms with Crippen LogP contribution in [0.3, 0.4) is 0 Å². The SMILES string of the molecule is CC1CCCC(O)(CNc2ccc(C#N)c(Cl)c2)C1. The van der Waals surface area contributed by atoms with Crippen molar-refractivity contribution in [3.63, 3.8) is 0 Å². The Morgan fingerprint density at radius 3 is 3.00 bits per heavy atom. The molecule has 1 fully saturated rings. The molecule has 2 atom stereocenters. The van der Waals surface area contributed by atoms with Gasteiger partial charge >= 0.3 is 0 Å². The lowest BCUT2D eigenvalue weighted by Crippen LogP contribution is -2.41. The summed E-state index contributed by atoms with van der Waals surface area (Å²) in [5, 5.41) is 23.0. The molecule has 4 heteroatoms. The zero-order valence-corrected chi connectivity index (χ0v) is 11.9. The van der Waals surface area contributed by atoms with Gasteiger partial charge in [0.25, 0.3) is 0 Å². The summed E-state index contributed by atoms with van der Waals surface area (Å²) in [6.45, 7) is 2.71. The standard InChI is InChI=1S/C15H19ClN2O/c1-11-3-2-6-15(19,8-11)10-18-13-5-4-12(9-17)14(16)7-13/h4-5,7,11,18-19H,2-3,6,8,10H2,1H3. The zero-order chi connectivity index (χ0) is 13.9. The Morgan fingerprint density at radius 1 is 1.58 bits per heavy atom. The van der Waals surface area contributed by atoms with Gasteiger partial charge in [-0.25, -0.2) is 0 Å². The lowest BCUT2D eigenvalue weighted by molar-refractivity contribution is -0.000761. The van der Waals surface area contributed by atoms with E-state index in [0.717, 1.165) is 24.9 Å². The van der Waals surface area contributed by atoms with Gasteiger partial charge in [0.15, 0.2) is 0 Å². The van der Waals surface area contributed by atoms with Gasteiger partial charge in [-0.2, -0.15) is 5.26 Å². The van der Waals surface area contributed by atoms with Crippen molar-refractivity contribution in [2.24, 2.45) is 5.92 Å². The van der Waals surface area contributed by atoms with Crippen molar-refractivity contribution in [3.05, 3.63) is 28.8 Å². The summed E-state index contributed by atoms with van der Waals surface area (Å²) in [4.78, 5) is 0. The van der Waals surface area contributed by atoms with Gasteiger partial charge in [0.2, 0.25) is 0 Å². The lowest BCUT2D eigenvalue weighted by atomic mass is 9.79. The largest absolute Gasteiger partial charge is 0.388 e. The molecule has 1 aromatic rings. The maximum atomic E-state index is 10.5. The summed E-state index contributed by atoms with van der Waals surface area (Å²) in [5.41, 5.74) is 0.686. The van der Waals surface area contributed by atoms with Crippen molar-refractivity contribution < 1.29 is 5.11 Å². The summed E-state index contributed by atoms with van der Waals surface area (Å²) < 4.78 is 0. The first-order valence-corrected chi connectivity index (χ1v) is 7.06. The second-order valence-corrected chi connectivity index (χ2v) is 5.99. The molecule has 0 bridgehead atoms. The van der Waals surface area contributed by atoms with Crippen LogP contribution < -0.4 is 5.32 Å². The molecular weight excluding hydrogens is 260 g/mol. The predicted octanol–water partition coefficient (Wildman–Crippen LogP) is 3.56. The molecule has 2 unspecified atom stereocenters. The number of nitrogens with one attached hydrogen (secondary N) is 1. The first-order chi connectivity index (χ1) is 9.02. The van der Waals surface area contributed by atoms with E-state index in [1.165, 1.54) is 6.42 Å². The van der Waals surface area contributed by atoms with Crippen molar-refractivity contribution >= 4 is 17.3 Å². The lowest BCUT2D eigenvalue weighted by Gasteiger charge is -2.35. The first-order valence-electron chi connectivity index (χ1n) is 6.68. The number of hydrogen-bond donors (Lipinski definition) is 2. The van der Waals surface area contributed by atoms with E-state index in [4.69, 9.17) is 16.9 Å². The molecule has 0 aromatic heterocycles. The van der Waals surface area contributed by atoms with Crippen LogP contribution in [0.5, 0.6) is 0 Å². The molecule has 1 aliphatic carbocycles. The highest BCUT2D eigenvalue weighted by molar-refractivity contribution is 6.32. The van der Waals surface area contributed by atoms with Crippen LogP contribution in [-0.4, -0.2) is 17.3 Å². The zero-order valence-electron chi connectivity index (χ0n) is 11.1. The fourth-order valence-corrected chi connectivity index (χ4v) is 3.00. The van der Waals surface area contributed by atoms with Gasteiger partial charge in [0.1, 0.15) is 6.07 Å². The Hall–Kier alpha value is -1.24. The van der Waals surface area contributed by atoms with Crippen LogP contribution in [-0.2, 0) is 0 Å². The van der Waals surface area contributed by atoms with Gasteiger partial charge in [-0.05, 0) is 37.0 Å². The minimum absolute atomic E-state index is 0.441. The Labute approximate surface area is 119 Å². The Morgan fingerprint density at radius 2 is 2.37 bits per heavy atom. The van der Waals surface area contributed by atoms with Crippen molar-refractivity contribution in [1.29, 1.82) is 5.26 Å². The van der Waals surface area contributed by atoms with Gasteiger partial charge in [-0.15, -0.1) is 0 Å². The van der Waals surface area contributed by atoms with E-state index >= 15 is 0 Å². The highest BCUT2D eigenvalue weighted by Gasteiger charge is 2.32. The minimum atomic E-state index is -0.627. The molecule has 0 amide bonds. The molecule has 3 nitrogen and oxygen atoms in total. The maximum Gasteiger partial charge on any atom is 0.101 e. The first kappa shape index (κ1) is 14.2. The number of nitriles is 1. The molecule has 0 radical (unpaired) electrons. The van der Waals surface area contributed by atoms with E-state index in [2.05, 4.69) is 12.2 Å². The highest BCUT2D eigenvalue weighted by Crippen LogP contribution is 2.32. The van der Waals surface area contributed by atoms with Crippen molar-refractivity contribution in [2.75, 3.05) is 11.9 Å². The summed E-state index contributed by atoms with van der Waals surface area (Å²) in [6, 6.07) is 7.28. The van der Waals surface area contributed by atoms with Gasteiger partial charge in [-0.3, -0.25) is 0 Å². The molecule has 1 aliphatic rings. The molecular formula is C15H19ClN2O. The summed E-state index contributed by atoms with van der Waals surface area (Å²) in [5.74, 6) is 0.574. The van der Waals surface area contributed by atoms with E-state index < -0.39 is 5.60 Å². The van der Waals surface area contributed by atoms with Crippen molar-refractivity contribution in [1.82, 2.24) is 0 Å². The fourth-order valence-electron chi connectivity index (χ4n) is 2.78. The van der Waals surface area contributed by atoms with Crippen LogP contribution in [0.2, 0.25) is 5.02 Å². The third-order valence-corrected chi connectivity index (χ3v) is 4.09. The Kier molecular flexibility index (Phi) is 4.34. The molecule has 0 aliphatic heterocycles. The Bertz CT molecular complexity index is 497. The van der Waals surface area contributed by atoms with Crippen molar-refractivity contribution in [3.8, 4) is 6.07 Å². The maximum absolute atomic E-state index is 10.5. The number of benzene rings is 1. The summed E-state index contributed by atoms with van der Waals surface area (Å²) >= 11 is 5.98. The van der Waals surface area contributed by atoms with Crippen LogP contribution in [0.15, 0.2) is 18.2 Å². The molecule has 102 valence electrons. The third kappa shape index (κ3) is 3.62. The van der Waals surface area contributed by atoms with Crippen LogP contribution in [0.4, 0.5) is 5.69 Å². The van der Waals surface area contributed by atoms with E-state index in [0.29, 0.717) is 23.0 Å². The smallest absolute Gasteiger partial charge is 0.101 e. The van der Waals surface area contributed by atoms with E-state index in [9.17, 15) is 5.11 Å². The molecule has 0 heterocycles. The van der Waals surface area contributed by atoms with E-state index in [-0.39, 0.29) is 0 Å². The number of nitrogens with zero attached hydrogens (tertiary/aromatic N) is 1. The number of hydrogen-bond acceptors (Lipinski definition) is 3. The Balaban J connectivity index is 1.99. The van der Waals surface area contributed by atoms with Crippen molar-refractivity contribution in [2.45, 2.75) is 38.2 Å². The third-order valence-electron chi connectivity index (χ3n) is 3.78. The predicted molar refractivity (Wildman–Crippen MR) is 77.2 cm³/mol. The van der Waals surface area contributed by atoms with Crippen LogP contribution in [0, 0.1) is 17.2 Å². The minimum Gasteiger partial charge on any atom is -0.388 e. The van der Waals surface area contributed by atoms with Gasteiger partial charge in [0.05, 0.1) is 16.2 Å². The number of rotatable bonds is 3. The molecule has 0 spiro atoms. The normalized spacial score (nSPS) is 26.7. The molecule has 2 rings (SSSR count). The average Bonchev–Trinajstić information content (AvgIpc) is 2.36. The quantitative estimate of drug-likeness (QED) is 0.889. The second-order valence-electron chi connectivity index (χ2n) is 5.59. The van der Waals surface area contributed by atoms with Gasteiger partial charge in [-0.1, -0.05) is 31.4 Å². The topological polar surface area (TPSA) is 56.0 Å². The monoisotopic (exact) mass is 278 g/mol. The molecule has 0 saturated heterocycles. The summed E-state index contributed by atoms with van der Waals surface area (Å²) in [6.07, 6.45) is 3.96. The van der Waals surface area contributed by atoms with Crippen LogP contribution in [0.1, 0.15) is 38.2 Å². The number of anilines is 1. The number of aliphatic hydroxyl groups is 1. The summed E-state index contributed by atoms with van der Waals surface area (Å²) in [7, 11) is 0. The highest BCUT2D eigenvalue weighted by atomic mass is 35.5. The van der Waals surface area contributed by atoms with Crippen LogP contribution >= 0.6 is 11.6 Å². The van der Waals surface area contributed by atoms with Gasteiger partial charge in [0, 0.05) is 12.2 Å². The second kappa shape index (κ2) is 5.81. The van der Waals surface area contributed by atoms with Gasteiger partial charge < -0.3 is 10.4 Å². The van der Waals surface area contributed by atoms with E-state index in [1.54, 1.807) is 12.1 Å². The number of halogens is 1. The fraction of sp³-hybridized carbons (Fsp3) is 0.533. The van der Waals surface area contributed by atoms with E-state index in [1.807, 2.05) is 12.1 Å².